The SMILES string of the molecule is Cc1ccccc1Nc1nnc(SCC(=O)NC[C@@H]2CCCO2)s1. The van der Waals surface area contributed by atoms with Crippen molar-refractivity contribution in [2.75, 3.05) is 24.2 Å². The number of carbonyl (C=O) groups excluding carboxylic acids is 1. The Kier molecular flexibility index (Phi) is 6.06. The average Bonchev–Trinajstić information content (AvgIpc) is 3.25. The number of nitrogens with zero attached hydrogens (tertiary/aromatic N) is 2. The van der Waals surface area contributed by atoms with Crippen LogP contribution in [0.5, 0.6) is 0 Å². The molecule has 128 valence electrons. The van der Waals surface area contributed by atoms with Crippen LogP contribution in [0.2, 0.25) is 0 Å². The van der Waals surface area contributed by atoms with E-state index in [-0.39, 0.29) is 12.0 Å². The first-order chi connectivity index (χ1) is 11.7. The Labute approximate surface area is 149 Å². The number of thioether (sulfide) groups is 1. The average molecular weight is 364 g/mol. The van der Waals surface area contributed by atoms with E-state index in [1.54, 1.807) is 0 Å². The Bertz CT molecular complexity index is 686. The minimum Gasteiger partial charge on any atom is -0.376 e. The molecular formula is C16H20N4O2S2. The van der Waals surface area contributed by atoms with Crippen molar-refractivity contribution in [3.63, 3.8) is 0 Å². The van der Waals surface area contributed by atoms with E-state index < -0.39 is 0 Å². The number of hydrogen-bond donors (Lipinski definition) is 2. The van der Waals surface area contributed by atoms with Gasteiger partial charge in [-0.15, -0.1) is 10.2 Å². The van der Waals surface area contributed by atoms with Gasteiger partial charge in [-0.1, -0.05) is 41.3 Å². The van der Waals surface area contributed by atoms with Crippen molar-refractivity contribution < 1.29 is 9.53 Å². The number of aromatic nitrogens is 2. The topological polar surface area (TPSA) is 76.1 Å². The van der Waals surface area contributed by atoms with Gasteiger partial charge in [0.25, 0.3) is 0 Å². The summed E-state index contributed by atoms with van der Waals surface area (Å²) in [6.45, 7) is 3.43. The van der Waals surface area contributed by atoms with Crippen molar-refractivity contribution >= 4 is 39.8 Å². The lowest BCUT2D eigenvalue weighted by Crippen LogP contribution is -2.32. The van der Waals surface area contributed by atoms with Crippen molar-refractivity contribution in [2.45, 2.75) is 30.2 Å². The third kappa shape index (κ3) is 4.93. The van der Waals surface area contributed by atoms with Gasteiger partial charge in [0.1, 0.15) is 0 Å². The third-order valence-electron chi connectivity index (χ3n) is 3.67. The number of carbonyl (C=O) groups is 1. The monoisotopic (exact) mass is 364 g/mol. The minimum absolute atomic E-state index is 0.000821. The van der Waals surface area contributed by atoms with Gasteiger partial charge in [-0.2, -0.15) is 0 Å². The lowest BCUT2D eigenvalue weighted by molar-refractivity contribution is -0.119. The molecule has 1 amide bonds. The van der Waals surface area contributed by atoms with Crippen molar-refractivity contribution in [3.8, 4) is 0 Å². The maximum atomic E-state index is 11.9. The summed E-state index contributed by atoms with van der Waals surface area (Å²) < 4.78 is 6.26. The number of para-hydroxylation sites is 1. The standard InChI is InChI=1S/C16H20N4O2S2/c1-11-5-2-3-7-13(11)18-15-19-20-16(24-15)23-10-14(21)17-9-12-6-4-8-22-12/h2-3,5,7,12H,4,6,8-10H2,1H3,(H,17,21)(H,18,19)/t12-/m0/s1. The number of anilines is 2. The Morgan fingerprint density at radius 2 is 2.29 bits per heavy atom. The second kappa shape index (κ2) is 8.46. The van der Waals surface area contributed by atoms with Gasteiger partial charge in [0.2, 0.25) is 11.0 Å². The molecule has 3 rings (SSSR count). The summed E-state index contributed by atoms with van der Waals surface area (Å²) in [5.74, 6) is 0.338. The minimum atomic E-state index is -0.000821. The van der Waals surface area contributed by atoms with E-state index in [0.717, 1.165) is 40.2 Å². The first-order valence-corrected chi connectivity index (χ1v) is 9.68. The van der Waals surface area contributed by atoms with Crippen LogP contribution >= 0.6 is 23.1 Å². The molecule has 1 aliphatic rings. The molecule has 0 unspecified atom stereocenters. The first-order valence-electron chi connectivity index (χ1n) is 7.88. The molecule has 1 atom stereocenters. The molecule has 0 radical (unpaired) electrons. The lowest BCUT2D eigenvalue weighted by Gasteiger charge is -2.09. The maximum Gasteiger partial charge on any atom is 0.230 e. The second-order valence-corrected chi connectivity index (χ2v) is 7.74. The number of ether oxygens (including phenoxy) is 1. The molecule has 1 aromatic carbocycles. The summed E-state index contributed by atoms with van der Waals surface area (Å²) in [5, 5.41) is 15.1. The highest BCUT2D eigenvalue weighted by Crippen LogP contribution is 2.28. The molecule has 0 bridgehead atoms. The third-order valence-corrected chi connectivity index (χ3v) is 5.64. The smallest absolute Gasteiger partial charge is 0.230 e. The van der Waals surface area contributed by atoms with Crippen LogP contribution in [-0.2, 0) is 9.53 Å². The summed E-state index contributed by atoms with van der Waals surface area (Å²) in [7, 11) is 0. The molecule has 8 heteroatoms. The van der Waals surface area contributed by atoms with Gasteiger partial charge in [-0.05, 0) is 31.4 Å². The lowest BCUT2D eigenvalue weighted by atomic mass is 10.2. The van der Waals surface area contributed by atoms with Crippen LogP contribution in [0, 0.1) is 6.92 Å². The summed E-state index contributed by atoms with van der Waals surface area (Å²) in [5.41, 5.74) is 2.16. The highest BCUT2D eigenvalue weighted by molar-refractivity contribution is 8.01. The molecular weight excluding hydrogens is 344 g/mol. The fourth-order valence-electron chi connectivity index (χ4n) is 2.36. The zero-order valence-electron chi connectivity index (χ0n) is 13.4. The first kappa shape index (κ1) is 17.2. The van der Waals surface area contributed by atoms with Crippen LogP contribution in [0.1, 0.15) is 18.4 Å². The van der Waals surface area contributed by atoms with Gasteiger partial charge in [0, 0.05) is 18.8 Å². The zero-order valence-corrected chi connectivity index (χ0v) is 15.1. The summed E-state index contributed by atoms with van der Waals surface area (Å²) in [6.07, 6.45) is 2.28. The predicted molar refractivity (Wildman–Crippen MR) is 97.1 cm³/mol. The van der Waals surface area contributed by atoms with E-state index in [1.165, 1.54) is 23.1 Å². The van der Waals surface area contributed by atoms with Gasteiger partial charge >= 0.3 is 0 Å². The number of amides is 1. The van der Waals surface area contributed by atoms with Crippen molar-refractivity contribution in [1.29, 1.82) is 0 Å². The summed E-state index contributed by atoms with van der Waals surface area (Å²) >= 11 is 2.85. The molecule has 1 saturated heterocycles. The maximum absolute atomic E-state index is 11.9. The molecule has 2 aromatic rings. The molecule has 0 aliphatic carbocycles. The Morgan fingerprint density at radius 1 is 1.42 bits per heavy atom. The van der Waals surface area contributed by atoms with Crippen LogP contribution in [-0.4, -0.2) is 41.1 Å². The zero-order chi connectivity index (χ0) is 16.8. The van der Waals surface area contributed by atoms with Gasteiger partial charge in [-0.3, -0.25) is 4.79 Å². The van der Waals surface area contributed by atoms with Crippen LogP contribution in [0.15, 0.2) is 28.6 Å². The van der Waals surface area contributed by atoms with Crippen LogP contribution < -0.4 is 10.6 Å². The molecule has 1 aliphatic heterocycles. The number of aryl methyl sites for hydroxylation is 1. The fourth-order valence-corrected chi connectivity index (χ4v) is 3.95. The van der Waals surface area contributed by atoms with Crippen molar-refractivity contribution in [2.24, 2.45) is 0 Å². The van der Waals surface area contributed by atoms with E-state index in [0.29, 0.717) is 12.3 Å². The number of rotatable bonds is 7. The number of nitrogens with one attached hydrogen (secondary N) is 2. The molecule has 2 N–H and O–H groups in total. The van der Waals surface area contributed by atoms with E-state index in [9.17, 15) is 4.79 Å². The van der Waals surface area contributed by atoms with Crippen LogP contribution in [0.25, 0.3) is 0 Å². The van der Waals surface area contributed by atoms with Gasteiger partial charge in [0.15, 0.2) is 4.34 Å². The van der Waals surface area contributed by atoms with Crippen molar-refractivity contribution in [3.05, 3.63) is 29.8 Å². The van der Waals surface area contributed by atoms with E-state index in [1.807, 2.05) is 31.2 Å². The molecule has 24 heavy (non-hydrogen) atoms. The summed E-state index contributed by atoms with van der Waals surface area (Å²) in [4.78, 5) is 11.9. The van der Waals surface area contributed by atoms with Crippen LogP contribution in [0.3, 0.4) is 0 Å². The largest absolute Gasteiger partial charge is 0.376 e. The Hall–Kier alpha value is -1.64. The van der Waals surface area contributed by atoms with Crippen LogP contribution in [0.4, 0.5) is 10.8 Å². The molecule has 1 aromatic heterocycles. The van der Waals surface area contributed by atoms with E-state index in [2.05, 4.69) is 20.8 Å². The van der Waals surface area contributed by atoms with E-state index >= 15 is 0 Å². The van der Waals surface area contributed by atoms with Gasteiger partial charge < -0.3 is 15.4 Å². The Morgan fingerprint density at radius 3 is 3.08 bits per heavy atom. The predicted octanol–water partition coefficient (Wildman–Crippen LogP) is 2.98. The summed E-state index contributed by atoms with van der Waals surface area (Å²) in [6, 6.07) is 8.01. The normalized spacial score (nSPS) is 17.0. The molecule has 2 heterocycles. The Balaban J connectivity index is 1.44. The number of hydrogen-bond acceptors (Lipinski definition) is 7. The van der Waals surface area contributed by atoms with Gasteiger partial charge in [0.05, 0.1) is 11.9 Å². The number of benzene rings is 1. The van der Waals surface area contributed by atoms with Crippen molar-refractivity contribution in [1.82, 2.24) is 15.5 Å². The fraction of sp³-hybridized carbons (Fsp3) is 0.438. The molecule has 6 nitrogen and oxygen atoms in total. The highest BCUT2D eigenvalue weighted by atomic mass is 32.2. The molecule has 1 fully saturated rings. The second-order valence-electron chi connectivity index (χ2n) is 5.54. The van der Waals surface area contributed by atoms with E-state index in [4.69, 9.17) is 4.74 Å². The highest BCUT2D eigenvalue weighted by Gasteiger charge is 2.16. The quantitative estimate of drug-likeness (QED) is 0.736. The molecule has 0 spiro atoms. The van der Waals surface area contributed by atoms with Gasteiger partial charge in [-0.25, -0.2) is 0 Å². The molecule has 0 saturated carbocycles.